The van der Waals surface area contributed by atoms with Crippen molar-refractivity contribution >= 4 is 29.6 Å². The molecular formula is C14H17NO5S. The molecule has 0 aliphatic rings. The average Bonchev–Trinajstić information content (AvgIpc) is 2.50. The van der Waals surface area contributed by atoms with Crippen LogP contribution < -0.4 is 5.32 Å². The van der Waals surface area contributed by atoms with Crippen LogP contribution in [-0.4, -0.2) is 48.1 Å². The zero-order valence-electron chi connectivity index (χ0n) is 11.8. The maximum absolute atomic E-state index is 12.1. The highest BCUT2D eigenvalue weighted by Gasteiger charge is 2.20. The van der Waals surface area contributed by atoms with E-state index in [0.717, 1.165) is 0 Å². The van der Waals surface area contributed by atoms with Gasteiger partial charge in [0, 0.05) is 5.56 Å². The zero-order valence-corrected chi connectivity index (χ0v) is 12.6. The summed E-state index contributed by atoms with van der Waals surface area (Å²) in [6.07, 6.45) is 2.19. The Morgan fingerprint density at radius 3 is 2.57 bits per heavy atom. The summed E-state index contributed by atoms with van der Waals surface area (Å²) in [5.74, 6) is -1.54. The molecule has 0 spiro atoms. The quantitative estimate of drug-likeness (QED) is 0.740. The van der Waals surface area contributed by atoms with E-state index in [0.29, 0.717) is 12.2 Å². The van der Waals surface area contributed by atoms with Gasteiger partial charge >= 0.3 is 11.9 Å². The third-order valence-corrected chi connectivity index (χ3v) is 3.40. The third-order valence-electron chi connectivity index (χ3n) is 2.76. The molecule has 1 aromatic rings. The minimum absolute atomic E-state index is 0.216. The van der Waals surface area contributed by atoms with Crippen molar-refractivity contribution < 1.29 is 24.2 Å². The normalized spacial score (nSPS) is 11.5. The van der Waals surface area contributed by atoms with E-state index < -0.39 is 23.9 Å². The first-order valence-electron chi connectivity index (χ1n) is 6.20. The Morgan fingerprint density at radius 2 is 2.00 bits per heavy atom. The van der Waals surface area contributed by atoms with Crippen molar-refractivity contribution in [3.8, 4) is 0 Å². The number of hydrogen-bond acceptors (Lipinski definition) is 5. The molecule has 1 aromatic carbocycles. The number of thioether (sulfide) groups is 1. The van der Waals surface area contributed by atoms with Gasteiger partial charge in [-0.3, -0.25) is 4.79 Å². The third kappa shape index (κ3) is 5.11. The first kappa shape index (κ1) is 17.0. The van der Waals surface area contributed by atoms with Crippen molar-refractivity contribution in [1.29, 1.82) is 0 Å². The number of nitrogens with one attached hydrogen (secondary N) is 1. The van der Waals surface area contributed by atoms with Crippen molar-refractivity contribution in [2.45, 2.75) is 12.5 Å². The van der Waals surface area contributed by atoms with Gasteiger partial charge in [-0.05, 0) is 36.6 Å². The Balaban J connectivity index is 2.82. The van der Waals surface area contributed by atoms with Crippen molar-refractivity contribution in [3.05, 3.63) is 35.4 Å². The van der Waals surface area contributed by atoms with Gasteiger partial charge in [-0.1, -0.05) is 6.07 Å². The van der Waals surface area contributed by atoms with Crippen molar-refractivity contribution in [1.82, 2.24) is 5.32 Å². The van der Waals surface area contributed by atoms with E-state index in [4.69, 9.17) is 5.11 Å². The number of carboxylic acids is 1. The first-order chi connectivity index (χ1) is 9.99. The van der Waals surface area contributed by atoms with Crippen LogP contribution in [0.3, 0.4) is 0 Å². The molecule has 0 saturated carbocycles. The number of methoxy groups -OCH3 is 1. The molecule has 21 heavy (non-hydrogen) atoms. The lowest BCUT2D eigenvalue weighted by atomic mass is 10.1. The van der Waals surface area contributed by atoms with Gasteiger partial charge in [0.05, 0.1) is 12.7 Å². The predicted octanol–water partition coefficient (Wildman–Crippen LogP) is 1.41. The second-order valence-corrected chi connectivity index (χ2v) is 5.20. The van der Waals surface area contributed by atoms with Crippen molar-refractivity contribution in [2.75, 3.05) is 19.1 Å². The molecule has 2 N–H and O–H groups in total. The Kier molecular flexibility index (Phi) is 6.74. The number of carbonyl (C=O) groups is 3. The second kappa shape index (κ2) is 8.31. The second-order valence-electron chi connectivity index (χ2n) is 4.22. The summed E-state index contributed by atoms with van der Waals surface area (Å²) in [4.78, 5) is 34.6. The Hall–Kier alpha value is -2.02. The molecule has 1 unspecified atom stereocenters. The van der Waals surface area contributed by atoms with E-state index in [1.54, 1.807) is 6.07 Å². The Labute approximate surface area is 126 Å². The van der Waals surface area contributed by atoms with Crippen LogP contribution >= 0.6 is 11.8 Å². The number of carboxylic acid groups (broad SMARTS) is 1. The maximum Gasteiger partial charge on any atom is 0.337 e. The van der Waals surface area contributed by atoms with E-state index in [-0.39, 0.29) is 11.1 Å². The molecular weight excluding hydrogens is 294 g/mol. The summed E-state index contributed by atoms with van der Waals surface area (Å²) in [7, 11) is 1.25. The highest BCUT2D eigenvalue weighted by molar-refractivity contribution is 7.98. The molecule has 0 heterocycles. The van der Waals surface area contributed by atoms with Gasteiger partial charge < -0.3 is 15.2 Å². The molecule has 0 aliphatic carbocycles. The minimum atomic E-state index is -1.08. The lowest BCUT2D eigenvalue weighted by Crippen LogP contribution is -2.41. The standard InChI is InChI=1S/C14H17NO5S/c1-20-14(19)10-5-3-4-9(8-10)12(16)15-11(13(17)18)6-7-21-2/h3-5,8,11H,6-7H2,1-2H3,(H,15,16)(H,17,18). The molecule has 1 atom stereocenters. The molecule has 0 saturated heterocycles. The number of aliphatic carboxylic acids is 1. The molecule has 6 nitrogen and oxygen atoms in total. The lowest BCUT2D eigenvalue weighted by molar-refractivity contribution is -0.139. The fraction of sp³-hybridized carbons (Fsp3) is 0.357. The fourth-order valence-corrected chi connectivity index (χ4v) is 2.11. The molecule has 1 rings (SSSR count). The molecule has 0 aromatic heterocycles. The molecule has 0 bridgehead atoms. The van der Waals surface area contributed by atoms with Gasteiger partial charge in [0.25, 0.3) is 5.91 Å². The van der Waals surface area contributed by atoms with E-state index in [1.165, 1.54) is 37.1 Å². The summed E-state index contributed by atoms with van der Waals surface area (Å²) in [5.41, 5.74) is 0.453. The highest BCUT2D eigenvalue weighted by Crippen LogP contribution is 2.08. The number of rotatable bonds is 7. The van der Waals surface area contributed by atoms with Crippen LogP contribution in [0.15, 0.2) is 24.3 Å². The summed E-state index contributed by atoms with van der Waals surface area (Å²) >= 11 is 1.50. The van der Waals surface area contributed by atoms with Gasteiger partial charge in [-0.2, -0.15) is 11.8 Å². The lowest BCUT2D eigenvalue weighted by Gasteiger charge is -2.14. The monoisotopic (exact) mass is 311 g/mol. The van der Waals surface area contributed by atoms with Crippen LogP contribution in [0.1, 0.15) is 27.1 Å². The number of amides is 1. The van der Waals surface area contributed by atoms with Crippen LogP contribution in [0.25, 0.3) is 0 Å². The fourth-order valence-electron chi connectivity index (χ4n) is 1.64. The molecule has 7 heteroatoms. The highest BCUT2D eigenvalue weighted by atomic mass is 32.2. The van der Waals surface area contributed by atoms with Gasteiger partial charge in [0.1, 0.15) is 6.04 Å². The summed E-state index contributed by atoms with van der Waals surface area (Å²) in [6.45, 7) is 0. The van der Waals surface area contributed by atoms with E-state index in [1.807, 2.05) is 6.26 Å². The van der Waals surface area contributed by atoms with Crippen LogP contribution in [0.5, 0.6) is 0 Å². The number of hydrogen-bond donors (Lipinski definition) is 2. The van der Waals surface area contributed by atoms with Crippen LogP contribution in [0.4, 0.5) is 0 Å². The maximum atomic E-state index is 12.1. The van der Waals surface area contributed by atoms with Crippen LogP contribution in [0.2, 0.25) is 0 Å². The first-order valence-corrected chi connectivity index (χ1v) is 7.60. The molecule has 0 radical (unpaired) electrons. The molecule has 114 valence electrons. The topological polar surface area (TPSA) is 92.7 Å². The van der Waals surface area contributed by atoms with Gasteiger partial charge in [-0.15, -0.1) is 0 Å². The number of esters is 1. The average molecular weight is 311 g/mol. The molecule has 0 aliphatic heterocycles. The van der Waals surface area contributed by atoms with Crippen molar-refractivity contribution in [2.24, 2.45) is 0 Å². The smallest absolute Gasteiger partial charge is 0.337 e. The summed E-state index contributed by atoms with van der Waals surface area (Å²) < 4.78 is 4.58. The Morgan fingerprint density at radius 1 is 1.33 bits per heavy atom. The van der Waals surface area contributed by atoms with Gasteiger partial charge in [0.15, 0.2) is 0 Å². The molecule has 0 fully saturated rings. The SMILES string of the molecule is COC(=O)c1cccc(C(=O)NC(CCSC)C(=O)O)c1. The Bertz CT molecular complexity index is 532. The number of benzene rings is 1. The number of ether oxygens (including phenoxy) is 1. The summed E-state index contributed by atoms with van der Waals surface area (Å²) in [5, 5.41) is 11.5. The van der Waals surface area contributed by atoms with E-state index in [9.17, 15) is 14.4 Å². The van der Waals surface area contributed by atoms with Crippen molar-refractivity contribution in [3.63, 3.8) is 0 Å². The largest absolute Gasteiger partial charge is 0.480 e. The zero-order chi connectivity index (χ0) is 15.8. The molecule has 1 amide bonds. The van der Waals surface area contributed by atoms with Crippen LogP contribution in [0, 0.1) is 0 Å². The summed E-state index contributed by atoms with van der Waals surface area (Å²) in [6, 6.07) is 4.99. The van der Waals surface area contributed by atoms with E-state index in [2.05, 4.69) is 10.1 Å². The van der Waals surface area contributed by atoms with E-state index >= 15 is 0 Å². The van der Waals surface area contributed by atoms with Gasteiger partial charge in [-0.25, -0.2) is 9.59 Å². The number of carbonyl (C=O) groups excluding carboxylic acids is 2. The van der Waals surface area contributed by atoms with Gasteiger partial charge in [0.2, 0.25) is 0 Å². The van der Waals surface area contributed by atoms with Crippen LogP contribution in [-0.2, 0) is 9.53 Å². The minimum Gasteiger partial charge on any atom is -0.480 e. The predicted molar refractivity (Wildman–Crippen MR) is 79.7 cm³/mol.